The Hall–Kier alpha value is -3.85. The molecular formula is C23H24N6O3. The van der Waals surface area contributed by atoms with Gasteiger partial charge < -0.3 is 24.3 Å². The van der Waals surface area contributed by atoms with Crippen LogP contribution in [0.4, 0.5) is 0 Å². The van der Waals surface area contributed by atoms with E-state index in [0.717, 1.165) is 49.8 Å². The molecular weight excluding hydrogens is 408 g/mol. The van der Waals surface area contributed by atoms with Gasteiger partial charge >= 0.3 is 0 Å². The standard InChI is InChI=1S/C23H24N6O3/c1-28-22-14(11-26-28)10-25-23-17(22)9-19(27-23)18-12-29(13-21(30)24-6-7-31-2)20-5-4-15(32-3)8-16(18)20/h4-5,8-12H,6-7,13H2,1-3H3,(H,24,30)(H,25,27). The number of hydrogen-bond donors (Lipinski definition) is 2. The van der Waals surface area contributed by atoms with Crippen molar-refractivity contribution in [2.45, 2.75) is 6.54 Å². The molecule has 0 radical (unpaired) electrons. The summed E-state index contributed by atoms with van der Waals surface area (Å²) in [6, 6.07) is 7.95. The third-order valence-corrected chi connectivity index (χ3v) is 5.67. The van der Waals surface area contributed by atoms with Crippen LogP contribution >= 0.6 is 0 Å². The summed E-state index contributed by atoms with van der Waals surface area (Å²) in [4.78, 5) is 20.5. The number of carbonyl (C=O) groups is 1. The van der Waals surface area contributed by atoms with Gasteiger partial charge in [0.1, 0.15) is 17.9 Å². The molecule has 32 heavy (non-hydrogen) atoms. The van der Waals surface area contributed by atoms with E-state index in [0.29, 0.717) is 13.2 Å². The number of hydrogen-bond acceptors (Lipinski definition) is 5. The van der Waals surface area contributed by atoms with E-state index in [2.05, 4.69) is 26.4 Å². The first-order valence-electron chi connectivity index (χ1n) is 10.3. The van der Waals surface area contributed by atoms with Crippen molar-refractivity contribution in [2.24, 2.45) is 7.05 Å². The molecule has 5 aromatic rings. The number of H-pyrrole nitrogens is 1. The summed E-state index contributed by atoms with van der Waals surface area (Å²) in [5, 5.41) is 10.2. The molecule has 0 fully saturated rings. The van der Waals surface area contributed by atoms with E-state index in [-0.39, 0.29) is 12.5 Å². The fraction of sp³-hybridized carbons (Fsp3) is 0.261. The van der Waals surface area contributed by atoms with Crippen LogP contribution in [0.15, 0.2) is 42.9 Å². The van der Waals surface area contributed by atoms with Crippen LogP contribution in [0.25, 0.3) is 44.1 Å². The zero-order valence-electron chi connectivity index (χ0n) is 18.2. The summed E-state index contributed by atoms with van der Waals surface area (Å²) in [6.45, 7) is 1.16. The average Bonchev–Trinajstić information content (AvgIpc) is 3.48. The molecule has 0 saturated carbocycles. The van der Waals surface area contributed by atoms with E-state index in [1.54, 1.807) is 14.2 Å². The molecule has 0 aliphatic rings. The Balaban J connectivity index is 1.62. The van der Waals surface area contributed by atoms with Gasteiger partial charge in [-0.05, 0) is 24.3 Å². The van der Waals surface area contributed by atoms with E-state index >= 15 is 0 Å². The summed E-state index contributed by atoms with van der Waals surface area (Å²) in [5.41, 5.74) is 4.64. The van der Waals surface area contributed by atoms with Crippen LogP contribution in [0.3, 0.4) is 0 Å². The Bertz CT molecular complexity index is 1440. The number of nitrogens with zero attached hydrogens (tertiary/aromatic N) is 4. The van der Waals surface area contributed by atoms with Gasteiger partial charge in [0, 0.05) is 66.0 Å². The number of carbonyl (C=O) groups excluding carboxylic acids is 1. The number of aromatic amines is 1. The molecule has 164 valence electrons. The fourth-order valence-electron chi connectivity index (χ4n) is 4.14. The van der Waals surface area contributed by atoms with Gasteiger partial charge in [-0.25, -0.2) is 4.98 Å². The zero-order valence-corrected chi connectivity index (χ0v) is 18.2. The highest BCUT2D eigenvalue weighted by atomic mass is 16.5. The zero-order chi connectivity index (χ0) is 22.2. The molecule has 0 aliphatic heterocycles. The highest BCUT2D eigenvalue weighted by molar-refractivity contribution is 6.06. The predicted octanol–water partition coefficient (Wildman–Crippen LogP) is 2.84. The van der Waals surface area contributed by atoms with Crippen LogP contribution < -0.4 is 10.1 Å². The van der Waals surface area contributed by atoms with Gasteiger partial charge in [-0.1, -0.05) is 0 Å². The highest BCUT2D eigenvalue weighted by Gasteiger charge is 2.17. The Morgan fingerprint density at radius 1 is 1.19 bits per heavy atom. The maximum atomic E-state index is 12.5. The summed E-state index contributed by atoms with van der Waals surface area (Å²) < 4.78 is 14.3. The first kappa shape index (κ1) is 20.1. The van der Waals surface area contributed by atoms with Crippen LogP contribution in [0, 0.1) is 0 Å². The predicted molar refractivity (Wildman–Crippen MR) is 123 cm³/mol. The fourth-order valence-corrected chi connectivity index (χ4v) is 4.14. The molecule has 2 N–H and O–H groups in total. The normalized spacial score (nSPS) is 11.6. The average molecular weight is 432 g/mol. The second-order valence-corrected chi connectivity index (χ2v) is 7.67. The number of rotatable bonds is 7. The minimum absolute atomic E-state index is 0.0729. The number of benzene rings is 1. The van der Waals surface area contributed by atoms with Crippen molar-refractivity contribution in [3.05, 3.63) is 42.9 Å². The number of aromatic nitrogens is 5. The quantitative estimate of drug-likeness (QED) is 0.385. The Labute approximate surface area is 183 Å². The molecule has 0 saturated heterocycles. The smallest absolute Gasteiger partial charge is 0.240 e. The third-order valence-electron chi connectivity index (χ3n) is 5.67. The molecule has 1 amide bonds. The monoisotopic (exact) mass is 432 g/mol. The lowest BCUT2D eigenvalue weighted by molar-refractivity contribution is -0.121. The minimum Gasteiger partial charge on any atom is -0.497 e. The number of amides is 1. The van der Waals surface area contributed by atoms with Crippen molar-refractivity contribution in [1.82, 2.24) is 29.6 Å². The molecule has 0 unspecified atom stereocenters. The van der Waals surface area contributed by atoms with Gasteiger partial charge in [0.25, 0.3) is 0 Å². The topological polar surface area (TPSA) is 99.0 Å². The van der Waals surface area contributed by atoms with Gasteiger partial charge in [-0.2, -0.15) is 5.10 Å². The van der Waals surface area contributed by atoms with E-state index in [9.17, 15) is 4.79 Å². The summed E-state index contributed by atoms with van der Waals surface area (Å²) in [5.74, 6) is 0.681. The number of pyridine rings is 1. The first-order valence-corrected chi connectivity index (χ1v) is 10.3. The maximum Gasteiger partial charge on any atom is 0.240 e. The maximum absolute atomic E-state index is 12.5. The van der Waals surface area contributed by atoms with Gasteiger partial charge in [0.2, 0.25) is 5.91 Å². The molecule has 1 aromatic carbocycles. The van der Waals surface area contributed by atoms with Crippen molar-refractivity contribution in [3.8, 4) is 17.0 Å². The Morgan fingerprint density at radius 3 is 2.88 bits per heavy atom. The highest BCUT2D eigenvalue weighted by Crippen LogP contribution is 2.35. The molecule has 0 atom stereocenters. The third kappa shape index (κ3) is 3.36. The van der Waals surface area contributed by atoms with Crippen LogP contribution in [0.1, 0.15) is 0 Å². The summed E-state index contributed by atoms with van der Waals surface area (Å²) in [7, 11) is 5.18. The second-order valence-electron chi connectivity index (χ2n) is 7.67. The molecule has 9 nitrogen and oxygen atoms in total. The van der Waals surface area contributed by atoms with Crippen molar-refractivity contribution < 1.29 is 14.3 Å². The molecule has 0 spiro atoms. The molecule has 4 heterocycles. The number of methoxy groups -OCH3 is 2. The summed E-state index contributed by atoms with van der Waals surface area (Å²) in [6.07, 6.45) is 5.63. The molecule has 4 aromatic heterocycles. The van der Waals surface area contributed by atoms with Crippen LogP contribution in [0.5, 0.6) is 5.75 Å². The van der Waals surface area contributed by atoms with E-state index in [4.69, 9.17) is 9.47 Å². The van der Waals surface area contributed by atoms with Gasteiger partial charge in [-0.15, -0.1) is 0 Å². The van der Waals surface area contributed by atoms with E-state index in [1.807, 2.05) is 53.1 Å². The molecule has 0 aliphatic carbocycles. The molecule has 5 rings (SSSR count). The lowest BCUT2D eigenvalue weighted by atomic mass is 10.1. The van der Waals surface area contributed by atoms with Crippen LogP contribution in [-0.2, 0) is 23.1 Å². The van der Waals surface area contributed by atoms with Crippen molar-refractivity contribution in [3.63, 3.8) is 0 Å². The second kappa shape index (κ2) is 8.01. The van der Waals surface area contributed by atoms with Crippen molar-refractivity contribution >= 4 is 38.7 Å². The lowest BCUT2D eigenvalue weighted by Gasteiger charge is -2.07. The minimum atomic E-state index is -0.0729. The van der Waals surface area contributed by atoms with E-state index in [1.165, 1.54) is 0 Å². The largest absolute Gasteiger partial charge is 0.497 e. The van der Waals surface area contributed by atoms with Gasteiger partial charge in [0.05, 0.1) is 25.4 Å². The summed E-state index contributed by atoms with van der Waals surface area (Å²) >= 11 is 0. The molecule has 0 bridgehead atoms. The lowest BCUT2D eigenvalue weighted by Crippen LogP contribution is -2.30. The van der Waals surface area contributed by atoms with Gasteiger partial charge in [0.15, 0.2) is 0 Å². The SMILES string of the molecule is COCCNC(=O)Cn1cc(-c2cc3c(ncc4cnn(C)c43)[nH]2)c2cc(OC)ccc21. The number of aryl methyl sites for hydroxylation is 1. The first-order chi connectivity index (χ1) is 15.6. The Morgan fingerprint density at radius 2 is 2.06 bits per heavy atom. The van der Waals surface area contributed by atoms with Gasteiger partial charge in [-0.3, -0.25) is 9.48 Å². The number of fused-ring (bicyclic) bond motifs is 4. The van der Waals surface area contributed by atoms with Crippen LogP contribution in [-0.4, -0.2) is 57.6 Å². The van der Waals surface area contributed by atoms with E-state index < -0.39 is 0 Å². The van der Waals surface area contributed by atoms with Crippen LogP contribution in [0.2, 0.25) is 0 Å². The number of ether oxygens (including phenoxy) is 2. The molecule has 9 heteroatoms. The van der Waals surface area contributed by atoms with Crippen molar-refractivity contribution in [1.29, 1.82) is 0 Å². The number of nitrogens with one attached hydrogen (secondary N) is 2. The Kier molecular flexibility index (Phi) is 5.02. The van der Waals surface area contributed by atoms with Crippen molar-refractivity contribution in [2.75, 3.05) is 27.4 Å².